The molecule has 5 atom stereocenters. The number of rotatable bonds is 8. The minimum Gasteiger partial charge on any atom is -0.382 e. The van der Waals surface area contributed by atoms with Gasteiger partial charge >= 0.3 is 7.67 Å². The van der Waals surface area contributed by atoms with Gasteiger partial charge in [-0.15, -0.1) is 0 Å². The molecule has 3 aliphatic rings. The molecule has 3 aliphatic heterocycles. The van der Waals surface area contributed by atoms with E-state index in [1.165, 1.54) is 0 Å². The highest BCUT2D eigenvalue weighted by atomic mass is 31.2. The number of ether oxygens (including phenoxy) is 3. The predicted octanol–water partition coefficient (Wildman–Crippen LogP) is -0.927. The van der Waals surface area contributed by atoms with Crippen LogP contribution in [0.1, 0.15) is 6.92 Å². The number of hydrogen-bond donors (Lipinski definition) is 1. The molecule has 0 bridgehead atoms. The van der Waals surface area contributed by atoms with Crippen molar-refractivity contribution in [1.29, 1.82) is 0 Å². The monoisotopic (exact) mass is 426 g/mol. The SMILES string of the molecule is [B]C1CN(CC)CC(COP(=O)(N2CCNCC2)N2CC([B])OC(COC)C2)O1. The fourth-order valence-electron chi connectivity index (χ4n) is 4.06. The van der Waals surface area contributed by atoms with E-state index in [9.17, 15) is 4.57 Å². The topological polar surface area (TPSA) is 75.7 Å². The summed E-state index contributed by atoms with van der Waals surface area (Å²) in [6.45, 7) is 8.58. The Hall–Kier alpha value is 0.0399. The Kier molecular flexibility index (Phi) is 9.04. The van der Waals surface area contributed by atoms with E-state index in [-0.39, 0.29) is 24.8 Å². The van der Waals surface area contributed by atoms with Gasteiger partial charge in [0.05, 0.1) is 25.4 Å². The van der Waals surface area contributed by atoms with Gasteiger partial charge in [-0.2, -0.15) is 0 Å². The number of nitrogens with zero attached hydrogens (tertiary/aromatic N) is 3. The van der Waals surface area contributed by atoms with Crippen molar-refractivity contribution in [2.75, 3.05) is 79.2 Å². The lowest BCUT2D eigenvalue weighted by Crippen LogP contribution is -2.53. The van der Waals surface area contributed by atoms with Crippen molar-refractivity contribution in [3.05, 3.63) is 0 Å². The fraction of sp³-hybridized carbons (Fsp3) is 1.00. The number of hydrogen-bond acceptors (Lipinski definition) is 7. The largest absolute Gasteiger partial charge is 0.382 e. The summed E-state index contributed by atoms with van der Waals surface area (Å²) in [5.41, 5.74) is 0. The van der Waals surface area contributed by atoms with Gasteiger partial charge in [0.25, 0.3) is 0 Å². The van der Waals surface area contributed by atoms with E-state index in [1.807, 2.05) is 9.34 Å². The van der Waals surface area contributed by atoms with Crippen LogP contribution in [0, 0.1) is 0 Å². The van der Waals surface area contributed by atoms with E-state index < -0.39 is 13.7 Å². The van der Waals surface area contributed by atoms with Crippen molar-refractivity contribution in [2.45, 2.75) is 31.1 Å². The van der Waals surface area contributed by atoms with Crippen LogP contribution in [-0.2, 0) is 23.3 Å². The van der Waals surface area contributed by atoms with Crippen molar-refractivity contribution in [3.8, 4) is 0 Å². The summed E-state index contributed by atoms with van der Waals surface area (Å²) in [4.78, 5) is 2.22. The lowest BCUT2D eigenvalue weighted by atomic mass is 9.97. The molecule has 0 aliphatic carbocycles. The van der Waals surface area contributed by atoms with Gasteiger partial charge in [-0.3, -0.25) is 9.46 Å². The molecule has 0 spiro atoms. The third-order valence-corrected chi connectivity index (χ3v) is 8.12. The van der Waals surface area contributed by atoms with Crippen LogP contribution >= 0.6 is 7.67 Å². The van der Waals surface area contributed by atoms with Crippen LogP contribution in [-0.4, -0.2) is 133 Å². The van der Waals surface area contributed by atoms with Crippen LogP contribution in [0.15, 0.2) is 0 Å². The summed E-state index contributed by atoms with van der Waals surface area (Å²) in [5.74, 6) is 0. The van der Waals surface area contributed by atoms with Crippen LogP contribution in [0.3, 0.4) is 0 Å². The molecule has 3 rings (SSSR count). The van der Waals surface area contributed by atoms with E-state index in [2.05, 4.69) is 17.1 Å². The van der Waals surface area contributed by atoms with Crippen molar-refractivity contribution in [2.24, 2.45) is 0 Å². The molecule has 0 saturated carbocycles. The van der Waals surface area contributed by atoms with Gasteiger partial charge in [0.1, 0.15) is 15.7 Å². The van der Waals surface area contributed by atoms with Gasteiger partial charge < -0.3 is 24.1 Å². The molecular weight excluding hydrogens is 393 g/mol. The van der Waals surface area contributed by atoms with Crippen molar-refractivity contribution in [1.82, 2.24) is 19.6 Å². The minimum atomic E-state index is -3.31. The lowest BCUT2D eigenvalue weighted by molar-refractivity contribution is -0.0761. The molecule has 1 N–H and O–H groups in total. The van der Waals surface area contributed by atoms with Gasteiger partial charge in [-0.25, -0.2) is 9.34 Å². The van der Waals surface area contributed by atoms with Crippen LogP contribution in [0.4, 0.5) is 0 Å². The first-order valence-corrected chi connectivity index (χ1v) is 12.0. The van der Waals surface area contributed by atoms with Crippen LogP contribution < -0.4 is 5.32 Å². The van der Waals surface area contributed by atoms with Crippen LogP contribution in [0.25, 0.3) is 0 Å². The highest BCUT2D eigenvalue weighted by Crippen LogP contribution is 2.55. The molecule has 3 saturated heterocycles. The Morgan fingerprint density at radius 1 is 1.00 bits per heavy atom. The number of nitrogens with one attached hydrogen (secondary N) is 1. The quantitative estimate of drug-likeness (QED) is 0.392. The van der Waals surface area contributed by atoms with E-state index in [0.29, 0.717) is 45.9 Å². The average molecular weight is 426 g/mol. The molecule has 12 heteroatoms. The molecule has 0 aromatic carbocycles. The maximum atomic E-state index is 14.2. The zero-order chi connectivity index (χ0) is 20.9. The van der Waals surface area contributed by atoms with Crippen molar-refractivity contribution in [3.63, 3.8) is 0 Å². The summed E-state index contributed by atoms with van der Waals surface area (Å²) in [5, 5.41) is 3.30. The third kappa shape index (κ3) is 6.28. The Morgan fingerprint density at radius 3 is 2.31 bits per heavy atom. The molecular formula is C17H33B2N4O5P. The van der Waals surface area contributed by atoms with Gasteiger partial charge in [0.15, 0.2) is 0 Å². The number of likely N-dealkylation sites (N-methyl/N-ethyl adjacent to an activating group) is 1. The summed E-state index contributed by atoms with van der Waals surface area (Å²) >= 11 is 0. The molecule has 0 aromatic heterocycles. The Labute approximate surface area is 177 Å². The average Bonchev–Trinajstić information content (AvgIpc) is 2.72. The molecule has 5 unspecified atom stereocenters. The Bertz CT molecular complexity index is 560. The first-order chi connectivity index (χ1) is 13.9. The van der Waals surface area contributed by atoms with Crippen LogP contribution in [0.5, 0.6) is 0 Å². The smallest absolute Gasteiger partial charge is 0.346 e. The Balaban J connectivity index is 1.72. The minimum absolute atomic E-state index is 0.215. The molecule has 9 nitrogen and oxygen atoms in total. The van der Waals surface area contributed by atoms with Gasteiger partial charge in [-0.1, -0.05) is 6.92 Å². The molecule has 3 heterocycles. The molecule has 162 valence electrons. The van der Waals surface area contributed by atoms with Crippen LogP contribution in [0.2, 0.25) is 0 Å². The lowest BCUT2D eigenvalue weighted by Gasteiger charge is -2.45. The maximum absolute atomic E-state index is 14.2. The van der Waals surface area contributed by atoms with E-state index >= 15 is 0 Å². The normalized spacial score (nSPS) is 35.4. The summed E-state index contributed by atoms with van der Waals surface area (Å²) in [6.07, 6.45) is -0.474. The van der Waals surface area contributed by atoms with Gasteiger partial charge in [-0.05, 0) is 6.54 Å². The summed E-state index contributed by atoms with van der Waals surface area (Å²) < 4.78 is 41.0. The molecule has 29 heavy (non-hydrogen) atoms. The second-order valence-corrected chi connectivity index (χ2v) is 10.1. The Morgan fingerprint density at radius 2 is 1.66 bits per heavy atom. The van der Waals surface area contributed by atoms with E-state index in [1.54, 1.807) is 7.11 Å². The third-order valence-electron chi connectivity index (χ3n) is 5.48. The fourth-order valence-corrected chi connectivity index (χ4v) is 6.57. The highest BCUT2D eigenvalue weighted by Gasteiger charge is 2.44. The summed E-state index contributed by atoms with van der Waals surface area (Å²) in [7, 11) is 10.4. The number of methoxy groups -OCH3 is 1. The second-order valence-electron chi connectivity index (χ2n) is 7.76. The van der Waals surface area contributed by atoms with Crippen molar-refractivity contribution < 1.29 is 23.3 Å². The standard InChI is InChI=1S/C17H33B2N4O5P/c1-3-21-8-14(27-16(18)10-21)13-26-29(24,22-6-4-20-5-7-22)23-9-15(12-25-2)28-17(19)11-23/h14-17,20H,3-13H2,1-2H3. The van der Waals surface area contributed by atoms with Gasteiger partial charge in [0, 0.05) is 71.5 Å². The van der Waals surface area contributed by atoms with Crippen molar-refractivity contribution >= 4 is 23.4 Å². The van der Waals surface area contributed by atoms with E-state index in [4.69, 9.17) is 34.4 Å². The number of piperazine rings is 1. The molecule has 0 aromatic rings. The predicted molar refractivity (Wildman–Crippen MR) is 112 cm³/mol. The summed E-state index contributed by atoms with van der Waals surface area (Å²) in [6, 6.07) is -0.905. The number of morpholine rings is 2. The second kappa shape index (κ2) is 11.1. The molecule has 0 amide bonds. The first-order valence-electron chi connectivity index (χ1n) is 10.4. The highest BCUT2D eigenvalue weighted by molar-refractivity contribution is 7.54. The zero-order valence-electron chi connectivity index (χ0n) is 17.6. The van der Waals surface area contributed by atoms with E-state index in [0.717, 1.165) is 19.6 Å². The molecule has 4 radical (unpaired) electrons. The van der Waals surface area contributed by atoms with Gasteiger partial charge in [0.2, 0.25) is 0 Å². The maximum Gasteiger partial charge on any atom is 0.346 e. The zero-order valence-corrected chi connectivity index (χ0v) is 18.5. The first kappa shape index (κ1) is 23.7. The molecule has 3 fully saturated rings.